The molecule has 1 unspecified atom stereocenters. The van der Waals surface area contributed by atoms with Crippen LogP contribution in [-0.4, -0.2) is 19.1 Å². The zero-order valence-corrected chi connectivity index (χ0v) is 13.0. The van der Waals surface area contributed by atoms with Crippen LogP contribution >= 0.6 is 11.3 Å². The number of fused-ring (bicyclic) bond motifs is 1. The number of nitrogens with one attached hydrogen (secondary N) is 1. The molecule has 2 nitrogen and oxygen atoms in total. The van der Waals surface area contributed by atoms with E-state index in [1.807, 2.05) is 11.3 Å². The van der Waals surface area contributed by atoms with Crippen molar-refractivity contribution in [3.63, 3.8) is 0 Å². The third-order valence-corrected chi connectivity index (χ3v) is 5.15. The van der Waals surface area contributed by atoms with Crippen LogP contribution in [0.1, 0.15) is 22.9 Å². The van der Waals surface area contributed by atoms with Crippen LogP contribution in [0, 0.1) is 6.92 Å². The van der Waals surface area contributed by atoms with Crippen LogP contribution in [0.25, 0.3) is 0 Å². The van der Waals surface area contributed by atoms with Crippen molar-refractivity contribution in [2.75, 3.05) is 18.0 Å². The van der Waals surface area contributed by atoms with Gasteiger partial charge in [0.25, 0.3) is 0 Å². The van der Waals surface area contributed by atoms with Crippen molar-refractivity contribution < 1.29 is 0 Å². The molecule has 106 valence electrons. The first-order valence-electron chi connectivity index (χ1n) is 7.34. The van der Waals surface area contributed by atoms with Crippen molar-refractivity contribution in [1.29, 1.82) is 0 Å². The lowest BCUT2D eigenvalue weighted by Gasteiger charge is -2.25. The Hall–Kier alpha value is -1.32. The summed E-state index contributed by atoms with van der Waals surface area (Å²) in [6.45, 7) is 7.63. The molecule has 1 aliphatic rings. The van der Waals surface area contributed by atoms with E-state index in [0.717, 1.165) is 19.6 Å². The van der Waals surface area contributed by atoms with E-state index in [4.69, 9.17) is 0 Å². The van der Waals surface area contributed by atoms with E-state index < -0.39 is 0 Å². The molecule has 2 aromatic rings. The van der Waals surface area contributed by atoms with Gasteiger partial charge >= 0.3 is 0 Å². The highest BCUT2D eigenvalue weighted by Crippen LogP contribution is 2.31. The Kier molecular flexibility index (Phi) is 4.08. The molecule has 1 N–H and O–H groups in total. The SMILES string of the molecule is Cc1ccsc1CNCCN1c2ccccc2CC1C. The second-order valence-electron chi connectivity index (χ2n) is 5.58. The molecule has 0 bridgehead atoms. The van der Waals surface area contributed by atoms with Gasteiger partial charge in [-0.15, -0.1) is 11.3 Å². The highest BCUT2D eigenvalue weighted by Gasteiger charge is 2.24. The maximum absolute atomic E-state index is 3.58. The summed E-state index contributed by atoms with van der Waals surface area (Å²) in [6.07, 6.45) is 1.18. The third kappa shape index (κ3) is 2.74. The number of anilines is 1. The second-order valence-corrected chi connectivity index (χ2v) is 6.58. The van der Waals surface area contributed by atoms with Crippen molar-refractivity contribution in [3.8, 4) is 0 Å². The minimum absolute atomic E-state index is 0.623. The van der Waals surface area contributed by atoms with Crippen molar-refractivity contribution >= 4 is 17.0 Å². The van der Waals surface area contributed by atoms with E-state index in [1.165, 1.54) is 28.1 Å². The maximum atomic E-state index is 3.58. The smallest absolute Gasteiger partial charge is 0.0402 e. The Bertz CT molecular complexity index is 576. The standard InChI is InChI=1S/C17H22N2S/c1-13-7-10-20-17(13)12-18-8-9-19-14(2)11-15-5-3-4-6-16(15)19/h3-7,10,14,18H,8-9,11-12H2,1-2H3. The molecule has 1 aliphatic heterocycles. The van der Waals surface area contributed by atoms with Gasteiger partial charge in [0.15, 0.2) is 0 Å². The fourth-order valence-corrected chi connectivity index (χ4v) is 3.83. The summed E-state index contributed by atoms with van der Waals surface area (Å²) in [5, 5.41) is 5.75. The van der Waals surface area contributed by atoms with Gasteiger partial charge in [-0.3, -0.25) is 0 Å². The fourth-order valence-electron chi connectivity index (χ4n) is 2.96. The highest BCUT2D eigenvalue weighted by atomic mass is 32.1. The van der Waals surface area contributed by atoms with Crippen molar-refractivity contribution in [3.05, 3.63) is 51.7 Å². The van der Waals surface area contributed by atoms with Gasteiger partial charge in [-0.2, -0.15) is 0 Å². The van der Waals surface area contributed by atoms with Gasteiger partial charge in [0, 0.05) is 36.2 Å². The van der Waals surface area contributed by atoms with Crippen LogP contribution in [-0.2, 0) is 13.0 Å². The molecule has 0 saturated heterocycles. The normalized spacial score (nSPS) is 17.5. The first-order chi connectivity index (χ1) is 9.75. The molecular weight excluding hydrogens is 264 g/mol. The summed E-state index contributed by atoms with van der Waals surface area (Å²) in [5.74, 6) is 0. The van der Waals surface area contributed by atoms with E-state index >= 15 is 0 Å². The quantitative estimate of drug-likeness (QED) is 0.845. The number of aryl methyl sites for hydroxylation is 1. The first kappa shape index (κ1) is 13.7. The molecule has 0 saturated carbocycles. The van der Waals surface area contributed by atoms with Crippen molar-refractivity contribution in [2.24, 2.45) is 0 Å². The molecule has 0 amide bonds. The molecule has 1 aromatic heterocycles. The van der Waals surface area contributed by atoms with Gasteiger partial charge < -0.3 is 10.2 Å². The summed E-state index contributed by atoms with van der Waals surface area (Å²) in [5.41, 5.74) is 4.32. The number of hydrogen-bond donors (Lipinski definition) is 1. The summed E-state index contributed by atoms with van der Waals surface area (Å²) >= 11 is 1.85. The van der Waals surface area contributed by atoms with E-state index in [1.54, 1.807) is 0 Å². The summed E-state index contributed by atoms with van der Waals surface area (Å²) < 4.78 is 0. The van der Waals surface area contributed by atoms with Crippen molar-refractivity contribution in [2.45, 2.75) is 32.9 Å². The summed E-state index contributed by atoms with van der Waals surface area (Å²) in [7, 11) is 0. The van der Waals surface area contributed by atoms with Crippen LogP contribution < -0.4 is 10.2 Å². The van der Waals surface area contributed by atoms with Crippen LogP contribution in [0.15, 0.2) is 35.7 Å². The van der Waals surface area contributed by atoms with Crippen LogP contribution in [0.3, 0.4) is 0 Å². The van der Waals surface area contributed by atoms with E-state index in [0.29, 0.717) is 6.04 Å². The number of para-hydroxylation sites is 1. The lowest BCUT2D eigenvalue weighted by Crippen LogP contribution is -2.35. The summed E-state index contributed by atoms with van der Waals surface area (Å²) in [4.78, 5) is 3.99. The number of rotatable bonds is 5. The second kappa shape index (κ2) is 5.98. The largest absolute Gasteiger partial charge is 0.367 e. The number of nitrogens with zero attached hydrogens (tertiary/aromatic N) is 1. The predicted molar refractivity (Wildman–Crippen MR) is 87.7 cm³/mol. The first-order valence-corrected chi connectivity index (χ1v) is 8.22. The van der Waals surface area contributed by atoms with Gasteiger partial charge in [-0.1, -0.05) is 18.2 Å². The van der Waals surface area contributed by atoms with Crippen molar-refractivity contribution in [1.82, 2.24) is 5.32 Å². The molecule has 3 heteroatoms. The lowest BCUT2D eigenvalue weighted by molar-refractivity contribution is 0.619. The van der Waals surface area contributed by atoms with Gasteiger partial charge in [-0.05, 0) is 48.9 Å². The van der Waals surface area contributed by atoms with Crippen LogP contribution in [0.2, 0.25) is 0 Å². The average molecular weight is 286 g/mol. The monoisotopic (exact) mass is 286 g/mol. The Balaban J connectivity index is 1.53. The minimum Gasteiger partial charge on any atom is -0.367 e. The Morgan fingerprint density at radius 2 is 2.15 bits per heavy atom. The molecular formula is C17H22N2S. The van der Waals surface area contributed by atoms with Gasteiger partial charge in [0.2, 0.25) is 0 Å². The number of hydrogen-bond acceptors (Lipinski definition) is 3. The molecule has 0 radical (unpaired) electrons. The number of thiophene rings is 1. The Morgan fingerprint density at radius 3 is 2.95 bits per heavy atom. The highest BCUT2D eigenvalue weighted by molar-refractivity contribution is 7.10. The molecule has 0 aliphatic carbocycles. The molecule has 1 aromatic carbocycles. The Morgan fingerprint density at radius 1 is 1.30 bits per heavy atom. The number of benzene rings is 1. The van der Waals surface area contributed by atoms with E-state index in [-0.39, 0.29) is 0 Å². The zero-order chi connectivity index (χ0) is 13.9. The molecule has 3 rings (SSSR count). The molecule has 20 heavy (non-hydrogen) atoms. The zero-order valence-electron chi connectivity index (χ0n) is 12.2. The topological polar surface area (TPSA) is 15.3 Å². The molecule has 0 fully saturated rings. The predicted octanol–water partition coefficient (Wildman–Crippen LogP) is 3.60. The fraction of sp³-hybridized carbons (Fsp3) is 0.412. The van der Waals surface area contributed by atoms with Crippen LogP contribution in [0.4, 0.5) is 5.69 Å². The average Bonchev–Trinajstić information content (AvgIpc) is 2.98. The van der Waals surface area contributed by atoms with Gasteiger partial charge in [0.05, 0.1) is 0 Å². The molecule has 1 atom stereocenters. The van der Waals surface area contributed by atoms with E-state index in [2.05, 4.69) is 59.8 Å². The maximum Gasteiger partial charge on any atom is 0.0402 e. The van der Waals surface area contributed by atoms with E-state index in [9.17, 15) is 0 Å². The Labute approximate surface area is 125 Å². The van der Waals surface area contributed by atoms with Gasteiger partial charge in [0.1, 0.15) is 0 Å². The minimum atomic E-state index is 0.623. The molecule has 2 heterocycles. The van der Waals surface area contributed by atoms with Gasteiger partial charge in [-0.25, -0.2) is 0 Å². The summed E-state index contributed by atoms with van der Waals surface area (Å²) in [6, 6.07) is 11.6. The van der Waals surface area contributed by atoms with Crippen LogP contribution in [0.5, 0.6) is 0 Å². The lowest BCUT2D eigenvalue weighted by atomic mass is 10.1. The third-order valence-electron chi connectivity index (χ3n) is 4.13. The molecule has 0 spiro atoms.